The molecule has 180 valence electrons. The van der Waals surface area contributed by atoms with Crippen LogP contribution in [0, 0.1) is 51.2 Å². The fourth-order valence-corrected chi connectivity index (χ4v) is 9.33. The molecule has 0 aromatic rings. The maximum Gasteiger partial charge on any atom is 0.138 e. The van der Waals surface area contributed by atoms with E-state index in [9.17, 15) is 9.59 Å². The van der Waals surface area contributed by atoms with Crippen molar-refractivity contribution in [3.05, 3.63) is 11.6 Å². The molecular formula is C30H48O2. The third-order valence-corrected chi connectivity index (χ3v) is 11.8. The van der Waals surface area contributed by atoms with Crippen molar-refractivity contribution in [2.24, 2.45) is 51.2 Å². The van der Waals surface area contributed by atoms with Gasteiger partial charge in [-0.3, -0.25) is 9.59 Å². The molecule has 32 heavy (non-hydrogen) atoms. The Bertz CT molecular complexity index is 819. The summed E-state index contributed by atoms with van der Waals surface area (Å²) in [4.78, 5) is 25.1. The van der Waals surface area contributed by atoms with Crippen LogP contribution in [-0.4, -0.2) is 11.6 Å². The first-order valence-corrected chi connectivity index (χ1v) is 13.6. The van der Waals surface area contributed by atoms with Crippen LogP contribution < -0.4 is 0 Å². The third-order valence-electron chi connectivity index (χ3n) is 11.8. The fourth-order valence-electron chi connectivity index (χ4n) is 9.33. The van der Waals surface area contributed by atoms with Crippen molar-refractivity contribution in [2.75, 3.05) is 0 Å². The van der Waals surface area contributed by atoms with Gasteiger partial charge in [-0.05, 0) is 84.9 Å². The van der Waals surface area contributed by atoms with Crippen LogP contribution in [0.4, 0.5) is 0 Å². The van der Waals surface area contributed by atoms with Gasteiger partial charge < -0.3 is 0 Å². The first-order valence-electron chi connectivity index (χ1n) is 13.6. The zero-order valence-corrected chi connectivity index (χ0v) is 22.1. The molecule has 0 radical (unpaired) electrons. The molecule has 0 spiro atoms. The van der Waals surface area contributed by atoms with E-state index in [2.05, 4.69) is 47.6 Å². The molecule has 0 saturated heterocycles. The minimum atomic E-state index is -0.188. The van der Waals surface area contributed by atoms with Gasteiger partial charge in [-0.1, -0.05) is 67.0 Å². The van der Waals surface area contributed by atoms with Crippen LogP contribution in [0.5, 0.6) is 0 Å². The number of ketones is 2. The molecular weight excluding hydrogens is 392 g/mol. The lowest BCUT2D eigenvalue weighted by molar-refractivity contribution is -0.146. The maximum absolute atomic E-state index is 12.8. The summed E-state index contributed by atoms with van der Waals surface area (Å²) < 4.78 is 0. The first kappa shape index (κ1) is 24.2. The zero-order chi connectivity index (χ0) is 23.7. The van der Waals surface area contributed by atoms with E-state index in [0.29, 0.717) is 40.7 Å². The van der Waals surface area contributed by atoms with Gasteiger partial charge in [-0.25, -0.2) is 0 Å². The lowest BCUT2D eigenvalue weighted by atomic mass is 9.41. The molecule has 4 aliphatic carbocycles. The second-order valence-corrected chi connectivity index (χ2v) is 13.7. The fraction of sp³-hybridized carbons (Fsp3) is 0.867. The molecule has 0 N–H and O–H groups in total. The average molecular weight is 441 g/mol. The van der Waals surface area contributed by atoms with Gasteiger partial charge in [0.1, 0.15) is 11.6 Å². The Morgan fingerprint density at radius 3 is 2.38 bits per heavy atom. The van der Waals surface area contributed by atoms with Crippen molar-refractivity contribution >= 4 is 11.6 Å². The highest BCUT2D eigenvalue weighted by Gasteiger charge is 2.65. The van der Waals surface area contributed by atoms with Crippen LogP contribution in [0.25, 0.3) is 0 Å². The highest BCUT2D eigenvalue weighted by Crippen LogP contribution is 2.73. The number of allylic oxidation sites excluding steroid dienone is 2. The molecule has 4 aliphatic rings. The predicted molar refractivity (Wildman–Crippen MR) is 132 cm³/mol. The van der Waals surface area contributed by atoms with Crippen molar-refractivity contribution in [1.29, 1.82) is 0 Å². The molecule has 7 atom stereocenters. The number of fused-ring (bicyclic) bond motifs is 5. The molecule has 2 heteroatoms. The molecule has 0 bridgehead atoms. The van der Waals surface area contributed by atoms with Crippen molar-refractivity contribution in [1.82, 2.24) is 0 Å². The Morgan fingerprint density at radius 1 is 1.03 bits per heavy atom. The summed E-state index contributed by atoms with van der Waals surface area (Å²) in [7, 11) is 0. The highest BCUT2D eigenvalue weighted by atomic mass is 16.1. The molecule has 0 unspecified atom stereocenters. The van der Waals surface area contributed by atoms with Gasteiger partial charge in [0.05, 0.1) is 0 Å². The topological polar surface area (TPSA) is 34.1 Å². The van der Waals surface area contributed by atoms with Gasteiger partial charge in [-0.15, -0.1) is 0 Å². The highest BCUT2D eigenvalue weighted by molar-refractivity contribution is 5.85. The van der Waals surface area contributed by atoms with Gasteiger partial charge in [0.25, 0.3) is 0 Å². The summed E-state index contributed by atoms with van der Waals surface area (Å²) in [6.07, 6.45) is 12.5. The summed E-state index contributed by atoms with van der Waals surface area (Å²) >= 11 is 0. The lowest BCUT2D eigenvalue weighted by Crippen LogP contribution is -2.57. The minimum absolute atomic E-state index is 0.162. The normalized spacial score (nSPS) is 43.8. The van der Waals surface area contributed by atoms with Gasteiger partial charge >= 0.3 is 0 Å². The van der Waals surface area contributed by atoms with E-state index in [-0.39, 0.29) is 22.2 Å². The van der Waals surface area contributed by atoms with E-state index in [4.69, 9.17) is 0 Å². The summed E-state index contributed by atoms with van der Waals surface area (Å²) in [5, 5.41) is 0. The molecule has 0 aliphatic heterocycles. The summed E-state index contributed by atoms with van der Waals surface area (Å²) in [5.74, 6) is 3.52. The van der Waals surface area contributed by atoms with E-state index >= 15 is 0 Å². The van der Waals surface area contributed by atoms with Gasteiger partial charge in [0.15, 0.2) is 0 Å². The average Bonchev–Trinajstić information content (AvgIpc) is 3.00. The quantitative estimate of drug-likeness (QED) is 0.409. The van der Waals surface area contributed by atoms with Crippen LogP contribution in [0.3, 0.4) is 0 Å². The minimum Gasteiger partial charge on any atom is -0.299 e. The smallest absolute Gasteiger partial charge is 0.138 e. The number of Topliss-reactive ketones (excluding diaryl/α,β-unsaturated/α-hetero) is 2. The molecule has 0 aromatic heterocycles. The number of hydrogen-bond acceptors (Lipinski definition) is 2. The predicted octanol–water partition coefficient (Wildman–Crippen LogP) is 7.80. The molecule has 3 saturated carbocycles. The van der Waals surface area contributed by atoms with E-state index in [1.807, 2.05) is 13.8 Å². The first-order chi connectivity index (χ1) is 14.8. The number of hydrogen-bond donors (Lipinski definition) is 0. The van der Waals surface area contributed by atoms with Gasteiger partial charge in [0, 0.05) is 24.2 Å². The van der Waals surface area contributed by atoms with E-state index in [1.165, 1.54) is 25.7 Å². The maximum atomic E-state index is 12.8. The van der Waals surface area contributed by atoms with Crippen molar-refractivity contribution in [3.8, 4) is 0 Å². The van der Waals surface area contributed by atoms with E-state index < -0.39 is 0 Å². The monoisotopic (exact) mass is 440 g/mol. The SMILES string of the molecule is CC(C)C(=O)CC[C@H](C)[C@@H]1CC[C@]2(C)C3=CC[C@@H]4C(C)(C)C(=O)CC[C@]4(C)[C@H]3CC[C@@]12C. The van der Waals surface area contributed by atoms with E-state index in [1.54, 1.807) is 5.57 Å². The summed E-state index contributed by atoms with van der Waals surface area (Å²) in [5.41, 5.74) is 2.43. The van der Waals surface area contributed by atoms with Crippen molar-refractivity contribution in [3.63, 3.8) is 0 Å². The lowest BCUT2D eigenvalue weighted by Gasteiger charge is -2.63. The Hall–Kier alpha value is -0.920. The Labute approximate surface area is 197 Å². The third kappa shape index (κ3) is 3.24. The standard InChI is InChI=1S/C30H48O2/c1-19(2)24(31)11-9-20(3)21-13-17-30(8)23-10-12-25-27(4,5)26(32)15-16-28(25,6)22(23)14-18-29(21,30)7/h10,19-22,25H,9,11-18H2,1-8H3/t20-,21-,22-,25+,28+,29-,30+/m0/s1. The van der Waals surface area contributed by atoms with Crippen LogP contribution in [0.1, 0.15) is 113 Å². The van der Waals surface area contributed by atoms with Crippen LogP contribution in [-0.2, 0) is 9.59 Å². The number of carbonyl (C=O) groups excluding carboxylic acids is 2. The van der Waals surface area contributed by atoms with Crippen LogP contribution in [0.2, 0.25) is 0 Å². The Balaban J connectivity index is 1.61. The largest absolute Gasteiger partial charge is 0.299 e. The summed E-state index contributed by atoms with van der Waals surface area (Å²) in [6.45, 7) is 18.6. The Kier molecular flexibility index (Phi) is 5.91. The molecule has 0 amide bonds. The van der Waals surface area contributed by atoms with Crippen LogP contribution >= 0.6 is 0 Å². The number of carbonyl (C=O) groups is 2. The molecule has 0 aromatic carbocycles. The Morgan fingerprint density at radius 2 is 1.72 bits per heavy atom. The van der Waals surface area contributed by atoms with Gasteiger partial charge in [-0.2, -0.15) is 0 Å². The number of rotatable bonds is 5. The second-order valence-electron chi connectivity index (χ2n) is 13.7. The summed E-state index contributed by atoms with van der Waals surface area (Å²) in [6, 6.07) is 0. The van der Waals surface area contributed by atoms with Crippen molar-refractivity contribution in [2.45, 2.75) is 113 Å². The molecule has 3 fully saturated rings. The van der Waals surface area contributed by atoms with E-state index in [0.717, 1.165) is 32.1 Å². The molecule has 0 heterocycles. The molecule has 2 nitrogen and oxygen atoms in total. The molecule has 4 rings (SSSR count). The van der Waals surface area contributed by atoms with Crippen LogP contribution in [0.15, 0.2) is 11.6 Å². The van der Waals surface area contributed by atoms with Gasteiger partial charge in [0.2, 0.25) is 0 Å². The van der Waals surface area contributed by atoms with Crippen molar-refractivity contribution < 1.29 is 9.59 Å². The zero-order valence-electron chi connectivity index (χ0n) is 22.1. The second kappa shape index (κ2) is 7.81.